The summed E-state index contributed by atoms with van der Waals surface area (Å²) in [7, 11) is -0.0433. The maximum absolute atomic E-state index is 5.72. The first kappa shape index (κ1) is 14.0. The van der Waals surface area contributed by atoms with E-state index in [0.717, 1.165) is 18.7 Å². The third-order valence-electron chi connectivity index (χ3n) is 3.22. The quantitative estimate of drug-likeness (QED) is 0.677. The van der Waals surface area contributed by atoms with Crippen LogP contribution in [0.2, 0.25) is 0 Å². The monoisotopic (exact) mass is 243 g/mol. The predicted molar refractivity (Wildman–Crippen MR) is 74.1 cm³/mol. The third-order valence-corrected chi connectivity index (χ3v) is 6.26. The zero-order valence-corrected chi connectivity index (χ0v) is 12.7. The molecule has 1 aliphatic heterocycles. The second-order valence-corrected chi connectivity index (χ2v) is 9.80. The fourth-order valence-electron chi connectivity index (χ4n) is 1.39. The second kappa shape index (κ2) is 4.64. The molecule has 0 N–H and O–H groups in total. The Bertz CT molecular complexity index is 273. The summed E-state index contributed by atoms with van der Waals surface area (Å²) in [6.07, 6.45) is 1.03. The van der Waals surface area contributed by atoms with Crippen LogP contribution in [0.5, 0.6) is 0 Å². The van der Waals surface area contributed by atoms with Gasteiger partial charge in [0.2, 0.25) is 0 Å². The lowest BCUT2D eigenvalue weighted by molar-refractivity contribution is 0.235. The Morgan fingerprint density at radius 1 is 1.25 bits per heavy atom. The molecular formula is C13H26NOP. The van der Waals surface area contributed by atoms with Gasteiger partial charge in [-0.3, -0.25) is 0 Å². The molecule has 0 aromatic rings. The second-order valence-electron chi connectivity index (χ2n) is 6.74. The van der Waals surface area contributed by atoms with E-state index >= 15 is 0 Å². The van der Waals surface area contributed by atoms with Crippen molar-refractivity contribution in [3.8, 4) is 0 Å². The van der Waals surface area contributed by atoms with Gasteiger partial charge in [0.15, 0.2) is 5.90 Å². The molecule has 0 saturated heterocycles. The SMILES string of the molecule is CP(CC1=N[C@@H](C(C)(C)C)CO1)C(C)(C)C. The van der Waals surface area contributed by atoms with Gasteiger partial charge in [-0.2, -0.15) is 0 Å². The smallest absolute Gasteiger partial charge is 0.188 e. The van der Waals surface area contributed by atoms with E-state index in [-0.39, 0.29) is 13.3 Å². The lowest BCUT2D eigenvalue weighted by atomic mass is 9.88. The molecule has 0 spiro atoms. The van der Waals surface area contributed by atoms with Crippen molar-refractivity contribution in [2.24, 2.45) is 10.4 Å². The number of rotatable bonds is 2. The van der Waals surface area contributed by atoms with Crippen LogP contribution in [0, 0.1) is 5.41 Å². The van der Waals surface area contributed by atoms with Crippen LogP contribution in [0.4, 0.5) is 0 Å². The van der Waals surface area contributed by atoms with Crippen LogP contribution in [0.1, 0.15) is 41.5 Å². The first-order valence-electron chi connectivity index (χ1n) is 6.01. The van der Waals surface area contributed by atoms with Crippen molar-refractivity contribution in [1.29, 1.82) is 0 Å². The molecule has 2 atom stereocenters. The Morgan fingerprint density at radius 2 is 1.81 bits per heavy atom. The highest BCUT2D eigenvalue weighted by Crippen LogP contribution is 2.46. The van der Waals surface area contributed by atoms with Crippen molar-refractivity contribution in [3.05, 3.63) is 0 Å². The largest absolute Gasteiger partial charge is 0.478 e. The molecule has 1 rings (SSSR count). The maximum atomic E-state index is 5.72. The van der Waals surface area contributed by atoms with E-state index < -0.39 is 0 Å². The zero-order valence-electron chi connectivity index (χ0n) is 11.8. The fraction of sp³-hybridized carbons (Fsp3) is 0.923. The molecule has 94 valence electrons. The van der Waals surface area contributed by atoms with E-state index in [1.807, 2.05) is 0 Å². The molecule has 0 aromatic heterocycles. The highest BCUT2D eigenvalue weighted by Gasteiger charge is 2.31. The van der Waals surface area contributed by atoms with Crippen molar-refractivity contribution in [2.75, 3.05) is 19.4 Å². The fourth-order valence-corrected chi connectivity index (χ4v) is 2.45. The van der Waals surface area contributed by atoms with Gasteiger partial charge in [0.25, 0.3) is 0 Å². The third kappa shape index (κ3) is 3.73. The minimum atomic E-state index is -0.0433. The van der Waals surface area contributed by atoms with E-state index in [2.05, 4.69) is 48.2 Å². The van der Waals surface area contributed by atoms with E-state index in [1.165, 1.54) is 0 Å². The summed E-state index contributed by atoms with van der Waals surface area (Å²) in [6.45, 7) is 16.7. The van der Waals surface area contributed by atoms with Crippen molar-refractivity contribution in [2.45, 2.75) is 52.7 Å². The van der Waals surface area contributed by atoms with Gasteiger partial charge in [-0.05, 0) is 17.2 Å². The van der Waals surface area contributed by atoms with Crippen LogP contribution in [0.25, 0.3) is 0 Å². The van der Waals surface area contributed by atoms with Crippen molar-refractivity contribution in [1.82, 2.24) is 0 Å². The van der Waals surface area contributed by atoms with Gasteiger partial charge in [-0.25, -0.2) is 4.99 Å². The Hall–Kier alpha value is -0.100. The minimum Gasteiger partial charge on any atom is -0.478 e. The molecule has 16 heavy (non-hydrogen) atoms. The van der Waals surface area contributed by atoms with Crippen LogP contribution < -0.4 is 0 Å². The van der Waals surface area contributed by atoms with Gasteiger partial charge in [0.05, 0.1) is 6.04 Å². The summed E-state index contributed by atoms with van der Waals surface area (Å²) in [4.78, 5) is 4.72. The average Bonchev–Trinajstić information content (AvgIpc) is 2.49. The molecule has 2 nitrogen and oxygen atoms in total. The predicted octanol–water partition coefficient (Wildman–Crippen LogP) is 3.74. The normalized spacial score (nSPS) is 23.9. The Balaban J connectivity index is 2.59. The van der Waals surface area contributed by atoms with Crippen molar-refractivity contribution >= 4 is 13.8 Å². The summed E-state index contributed by atoms with van der Waals surface area (Å²) < 4.78 is 5.72. The Morgan fingerprint density at radius 3 is 2.19 bits per heavy atom. The van der Waals surface area contributed by atoms with E-state index in [1.54, 1.807) is 0 Å². The van der Waals surface area contributed by atoms with Crippen LogP contribution in [-0.2, 0) is 4.74 Å². The molecule has 0 aliphatic carbocycles. The Kier molecular flexibility index (Phi) is 4.05. The van der Waals surface area contributed by atoms with Crippen LogP contribution in [0.3, 0.4) is 0 Å². The van der Waals surface area contributed by atoms with E-state index in [9.17, 15) is 0 Å². The Labute approximate surface area is 102 Å². The van der Waals surface area contributed by atoms with Gasteiger partial charge in [-0.15, -0.1) is 0 Å². The molecule has 0 bridgehead atoms. The minimum absolute atomic E-state index is 0.0433. The van der Waals surface area contributed by atoms with Gasteiger partial charge in [0.1, 0.15) is 6.61 Å². The summed E-state index contributed by atoms with van der Waals surface area (Å²) in [5.41, 5.74) is 0.222. The molecule has 0 fully saturated rings. The molecular weight excluding hydrogens is 217 g/mol. The van der Waals surface area contributed by atoms with Gasteiger partial charge >= 0.3 is 0 Å². The number of hydrogen-bond acceptors (Lipinski definition) is 2. The van der Waals surface area contributed by atoms with Crippen molar-refractivity contribution in [3.63, 3.8) is 0 Å². The number of ether oxygens (including phenoxy) is 1. The summed E-state index contributed by atoms with van der Waals surface area (Å²) >= 11 is 0. The topological polar surface area (TPSA) is 21.6 Å². The molecule has 1 heterocycles. The van der Waals surface area contributed by atoms with Crippen LogP contribution >= 0.6 is 7.92 Å². The molecule has 3 heteroatoms. The maximum Gasteiger partial charge on any atom is 0.188 e. The zero-order chi connectivity index (χ0) is 12.6. The molecule has 0 amide bonds. The lowest BCUT2D eigenvalue weighted by Crippen LogP contribution is -2.25. The average molecular weight is 243 g/mol. The summed E-state index contributed by atoms with van der Waals surface area (Å²) in [5.74, 6) is 0.989. The highest BCUT2D eigenvalue weighted by molar-refractivity contribution is 7.59. The van der Waals surface area contributed by atoms with Gasteiger partial charge in [-0.1, -0.05) is 49.5 Å². The molecule has 0 radical (unpaired) electrons. The molecule has 1 aliphatic rings. The first-order chi connectivity index (χ1) is 7.10. The molecule has 0 aromatic carbocycles. The van der Waals surface area contributed by atoms with E-state index in [4.69, 9.17) is 9.73 Å². The first-order valence-corrected chi connectivity index (χ1v) is 7.99. The standard InChI is InChI=1S/C13H26NOP/c1-12(2,3)10-8-15-11(14-10)9-16(7)13(4,5)6/h10H,8-9H2,1-7H3/t10-,16?/m1/s1. The lowest BCUT2D eigenvalue weighted by Gasteiger charge is -2.27. The number of hydrogen-bond donors (Lipinski definition) is 0. The summed E-state index contributed by atoms with van der Waals surface area (Å²) in [6, 6.07) is 0.339. The van der Waals surface area contributed by atoms with Gasteiger partial charge in [0, 0.05) is 6.16 Å². The van der Waals surface area contributed by atoms with Gasteiger partial charge < -0.3 is 4.74 Å². The molecule has 1 unspecified atom stereocenters. The van der Waals surface area contributed by atoms with Crippen LogP contribution in [0.15, 0.2) is 4.99 Å². The highest BCUT2D eigenvalue weighted by atomic mass is 31.1. The van der Waals surface area contributed by atoms with Crippen LogP contribution in [-0.4, -0.2) is 36.5 Å². The summed E-state index contributed by atoms with van der Waals surface area (Å²) in [5, 5.41) is 0.390. The number of nitrogens with zero attached hydrogens (tertiary/aromatic N) is 1. The van der Waals surface area contributed by atoms with Crippen molar-refractivity contribution < 1.29 is 4.74 Å². The van der Waals surface area contributed by atoms with E-state index in [0.29, 0.717) is 11.2 Å². The molecule has 0 saturated carbocycles. The number of aliphatic imine (C=N–C) groups is 1.